The largest absolute Gasteiger partial charge is 0.497 e. The molecule has 2 nitrogen and oxygen atoms in total. The summed E-state index contributed by atoms with van der Waals surface area (Å²) in [5, 5.41) is 3.36. The molecule has 0 radical (unpaired) electrons. The number of benzene rings is 1. The van der Waals surface area contributed by atoms with Crippen molar-refractivity contribution in [2.24, 2.45) is 0 Å². The summed E-state index contributed by atoms with van der Waals surface area (Å²) in [7, 11) is 1.69. The van der Waals surface area contributed by atoms with Crippen LogP contribution in [0.15, 0.2) is 24.3 Å². The molecule has 0 heterocycles. The standard InChI is InChI=1S/C11H17NO.ClH/c1-9(2)12-8-10-5-4-6-11(7-10)13-3;/h4-7,9,12H,8H2,1-3H3;1H. The van der Waals surface area contributed by atoms with Gasteiger partial charge in [0, 0.05) is 12.6 Å². The van der Waals surface area contributed by atoms with Crippen LogP contribution in [0.5, 0.6) is 5.75 Å². The normalized spacial score (nSPS) is 9.71. The zero-order chi connectivity index (χ0) is 9.68. The van der Waals surface area contributed by atoms with Gasteiger partial charge in [0.2, 0.25) is 0 Å². The lowest BCUT2D eigenvalue weighted by Crippen LogP contribution is -2.21. The number of hydrogen-bond acceptors (Lipinski definition) is 2. The molecule has 0 aliphatic carbocycles. The van der Waals surface area contributed by atoms with Crippen LogP contribution in [-0.2, 0) is 6.54 Å². The second-order valence-corrected chi connectivity index (χ2v) is 3.39. The Morgan fingerprint density at radius 3 is 2.64 bits per heavy atom. The van der Waals surface area contributed by atoms with Crippen molar-refractivity contribution in [3.05, 3.63) is 29.8 Å². The van der Waals surface area contributed by atoms with Gasteiger partial charge in [0.1, 0.15) is 5.75 Å². The highest BCUT2D eigenvalue weighted by molar-refractivity contribution is 5.85. The number of rotatable bonds is 4. The molecule has 0 aromatic heterocycles. The van der Waals surface area contributed by atoms with Gasteiger partial charge in [-0.05, 0) is 17.7 Å². The first-order chi connectivity index (χ1) is 6.22. The summed E-state index contributed by atoms with van der Waals surface area (Å²) in [4.78, 5) is 0. The van der Waals surface area contributed by atoms with Gasteiger partial charge in [-0.3, -0.25) is 0 Å². The van der Waals surface area contributed by atoms with E-state index in [2.05, 4.69) is 31.3 Å². The quantitative estimate of drug-likeness (QED) is 0.834. The molecule has 0 unspecified atom stereocenters. The Morgan fingerprint density at radius 1 is 1.36 bits per heavy atom. The summed E-state index contributed by atoms with van der Waals surface area (Å²) >= 11 is 0. The van der Waals surface area contributed by atoms with Crippen molar-refractivity contribution in [3.8, 4) is 5.75 Å². The Kier molecular flexibility index (Phi) is 6.34. The van der Waals surface area contributed by atoms with Crippen LogP contribution < -0.4 is 10.1 Å². The van der Waals surface area contributed by atoms with Crippen LogP contribution in [0.2, 0.25) is 0 Å². The Bertz CT molecular complexity index is 263. The number of halogens is 1. The second-order valence-electron chi connectivity index (χ2n) is 3.39. The van der Waals surface area contributed by atoms with Crippen molar-refractivity contribution in [1.82, 2.24) is 5.32 Å². The first-order valence-corrected chi connectivity index (χ1v) is 4.58. The number of hydrogen-bond donors (Lipinski definition) is 1. The minimum absolute atomic E-state index is 0. The maximum absolute atomic E-state index is 5.13. The zero-order valence-electron chi connectivity index (χ0n) is 8.91. The van der Waals surface area contributed by atoms with E-state index in [0.29, 0.717) is 6.04 Å². The van der Waals surface area contributed by atoms with Crippen LogP contribution >= 0.6 is 12.4 Å². The van der Waals surface area contributed by atoms with Crippen molar-refractivity contribution >= 4 is 12.4 Å². The molecule has 1 rings (SSSR count). The Balaban J connectivity index is 0.00000169. The van der Waals surface area contributed by atoms with Crippen LogP contribution in [0.25, 0.3) is 0 Å². The average Bonchev–Trinajstić information content (AvgIpc) is 2.15. The molecule has 1 aromatic rings. The van der Waals surface area contributed by atoms with E-state index in [1.165, 1.54) is 5.56 Å². The van der Waals surface area contributed by atoms with Crippen LogP contribution in [0.1, 0.15) is 19.4 Å². The van der Waals surface area contributed by atoms with E-state index in [4.69, 9.17) is 4.74 Å². The Hall–Kier alpha value is -0.730. The fraction of sp³-hybridized carbons (Fsp3) is 0.455. The smallest absolute Gasteiger partial charge is 0.119 e. The lowest BCUT2D eigenvalue weighted by Gasteiger charge is -2.08. The summed E-state index contributed by atoms with van der Waals surface area (Å²) in [5.41, 5.74) is 1.26. The summed E-state index contributed by atoms with van der Waals surface area (Å²) in [5.74, 6) is 0.919. The summed E-state index contributed by atoms with van der Waals surface area (Å²) in [6, 6.07) is 8.63. The van der Waals surface area contributed by atoms with E-state index in [-0.39, 0.29) is 12.4 Å². The summed E-state index contributed by atoms with van der Waals surface area (Å²) < 4.78 is 5.13. The minimum atomic E-state index is 0. The highest BCUT2D eigenvalue weighted by atomic mass is 35.5. The molecule has 1 aromatic carbocycles. The predicted molar refractivity (Wildman–Crippen MR) is 62.2 cm³/mol. The van der Waals surface area contributed by atoms with E-state index in [9.17, 15) is 0 Å². The first-order valence-electron chi connectivity index (χ1n) is 4.58. The molecule has 0 spiro atoms. The van der Waals surface area contributed by atoms with Crippen molar-refractivity contribution in [3.63, 3.8) is 0 Å². The van der Waals surface area contributed by atoms with E-state index in [1.807, 2.05) is 12.1 Å². The van der Waals surface area contributed by atoms with Gasteiger partial charge in [-0.1, -0.05) is 26.0 Å². The van der Waals surface area contributed by atoms with Gasteiger partial charge in [-0.2, -0.15) is 0 Å². The number of methoxy groups -OCH3 is 1. The lowest BCUT2D eigenvalue weighted by molar-refractivity contribution is 0.414. The highest BCUT2D eigenvalue weighted by Crippen LogP contribution is 2.12. The van der Waals surface area contributed by atoms with E-state index >= 15 is 0 Å². The highest BCUT2D eigenvalue weighted by Gasteiger charge is 1.96. The van der Waals surface area contributed by atoms with Crippen LogP contribution in [0, 0.1) is 0 Å². The van der Waals surface area contributed by atoms with Gasteiger partial charge >= 0.3 is 0 Å². The Morgan fingerprint density at radius 2 is 2.07 bits per heavy atom. The molecule has 80 valence electrons. The van der Waals surface area contributed by atoms with Gasteiger partial charge < -0.3 is 10.1 Å². The molecule has 0 amide bonds. The van der Waals surface area contributed by atoms with E-state index in [0.717, 1.165) is 12.3 Å². The molecule has 0 aliphatic heterocycles. The minimum Gasteiger partial charge on any atom is -0.497 e. The fourth-order valence-electron chi connectivity index (χ4n) is 1.10. The third kappa shape index (κ3) is 4.49. The van der Waals surface area contributed by atoms with Crippen molar-refractivity contribution in [2.75, 3.05) is 7.11 Å². The maximum Gasteiger partial charge on any atom is 0.119 e. The molecule has 0 saturated carbocycles. The molecule has 0 atom stereocenters. The predicted octanol–water partition coefficient (Wildman–Crippen LogP) is 2.62. The molecule has 3 heteroatoms. The SMILES string of the molecule is COc1cccc(CNC(C)C)c1.Cl. The molecular weight excluding hydrogens is 198 g/mol. The molecule has 14 heavy (non-hydrogen) atoms. The van der Waals surface area contributed by atoms with Crippen LogP contribution in [0.4, 0.5) is 0 Å². The fourth-order valence-corrected chi connectivity index (χ4v) is 1.10. The molecule has 0 fully saturated rings. The average molecular weight is 216 g/mol. The van der Waals surface area contributed by atoms with Crippen molar-refractivity contribution in [2.45, 2.75) is 26.4 Å². The Labute approximate surface area is 92.1 Å². The molecule has 0 aliphatic rings. The van der Waals surface area contributed by atoms with Crippen molar-refractivity contribution < 1.29 is 4.74 Å². The van der Waals surface area contributed by atoms with E-state index in [1.54, 1.807) is 7.11 Å². The molecular formula is C11H18ClNO. The number of ether oxygens (including phenoxy) is 1. The zero-order valence-corrected chi connectivity index (χ0v) is 9.73. The lowest BCUT2D eigenvalue weighted by atomic mass is 10.2. The van der Waals surface area contributed by atoms with Crippen LogP contribution in [0.3, 0.4) is 0 Å². The first kappa shape index (κ1) is 13.3. The summed E-state index contributed by atoms with van der Waals surface area (Å²) in [6.07, 6.45) is 0. The maximum atomic E-state index is 5.13. The van der Waals surface area contributed by atoms with Gasteiger partial charge in [0.25, 0.3) is 0 Å². The number of nitrogens with one attached hydrogen (secondary N) is 1. The molecule has 0 saturated heterocycles. The van der Waals surface area contributed by atoms with Crippen LogP contribution in [-0.4, -0.2) is 13.2 Å². The van der Waals surface area contributed by atoms with E-state index < -0.39 is 0 Å². The monoisotopic (exact) mass is 215 g/mol. The topological polar surface area (TPSA) is 21.3 Å². The van der Waals surface area contributed by atoms with Gasteiger partial charge in [-0.15, -0.1) is 12.4 Å². The summed E-state index contributed by atoms with van der Waals surface area (Å²) in [6.45, 7) is 5.18. The van der Waals surface area contributed by atoms with Crippen molar-refractivity contribution in [1.29, 1.82) is 0 Å². The van der Waals surface area contributed by atoms with Gasteiger partial charge in [-0.25, -0.2) is 0 Å². The van der Waals surface area contributed by atoms with Gasteiger partial charge in [0.05, 0.1) is 7.11 Å². The third-order valence-corrected chi connectivity index (χ3v) is 1.85. The van der Waals surface area contributed by atoms with Gasteiger partial charge in [0.15, 0.2) is 0 Å². The molecule has 0 bridgehead atoms. The molecule has 1 N–H and O–H groups in total. The second kappa shape index (κ2) is 6.68. The third-order valence-electron chi connectivity index (χ3n) is 1.85.